The number of aryl methyl sites for hydroxylation is 1. The number of rotatable bonds is 4. The Bertz CT molecular complexity index is 574. The van der Waals surface area contributed by atoms with E-state index in [-0.39, 0.29) is 11.9 Å². The highest BCUT2D eigenvalue weighted by Gasteiger charge is 2.19. The van der Waals surface area contributed by atoms with Gasteiger partial charge in [0.05, 0.1) is 13.2 Å². The SMILES string of the molecule is COc1ncccc1C(NN)c1ccc(F)cc1C. The molecule has 1 atom stereocenters. The first-order valence-corrected chi connectivity index (χ1v) is 5.88. The summed E-state index contributed by atoms with van der Waals surface area (Å²) in [6.45, 7) is 1.84. The number of nitrogens with zero attached hydrogens (tertiary/aromatic N) is 1. The molecule has 0 spiro atoms. The molecule has 100 valence electrons. The van der Waals surface area contributed by atoms with Gasteiger partial charge in [-0.2, -0.15) is 0 Å². The van der Waals surface area contributed by atoms with Crippen LogP contribution in [-0.4, -0.2) is 12.1 Å². The van der Waals surface area contributed by atoms with E-state index < -0.39 is 0 Å². The molecular weight excluding hydrogens is 245 g/mol. The van der Waals surface area contributed by atoms with Crippen LogP contribution in [0.1, 0.15) is 22.7 Å². The van der Waals surface area contributed by atoms with Gasteiger partial charge in [-0.1, -0.05) is 12.1 Å². The van der Waals surface area contributed by atoms with E-state index in [1.165, 1.54) is 12.1 Å². The smallest absolute Gasteiger partial charge is 0.218 e. The number of hydrazine groups is 1. The summed E-state index contributed by atoms with van der Waals surface area (Å²) in [5.74, 6) is 5.87. The van der Waals surface area contributed by atoms with Gasteiger partial charge in [-0.15, -0.1) is 0 Å². The Balaban J connectivity index is 2.50. The summed E-state index contributed by atoms with van der Waals surface area (Å²) in [4.78, 5) is 4.15. The van der Waals surface area contributed by atoms with E-state index in [1.807, 2.05) is 13.0 Å². The maximum atomic E-state index is 13.2. The summed E-state index contributed by atoms with van der Waals surface area (Å²) >= 11 is 0. The maximum absolute atomic E-state index is 13.2. The molecule has 0 fully saturated rings. The lowest BCUT2D eigenvalue weighted by atomic mass is 9.96. The second-order valence-electron chi connectivity index (χ2n) is 4.20. The first kappa shape index (κ1) is 13.5. The Morgan fingerprint density at radius 2 is 2.11 bits per heavy atom. The van der Waals surface area contributed by atoms with Gasteiger partial charge in [0, 0.05) is 11.8 Å². The molecule has 0 aliphatic rings. The maximum Gasteiger partial charge on any atom is 0.218 e. The fourth-order valence-electron chi connectivity index (χ4n) is 2.10. The first-order valence-electron chi connectivity index (χ1n) is 5.88. The molecule has 0 aliphatic heterocycles. The highest BCUT2D eigenvalue weighted by atomic mass is 19.1. The van der Waals surface area contributed by atoms with E-state index in [0.29, 0.717) is 5.88 Å². The van der Waals surface area contributed by atoms with Crippen LogP contribution in [0.3, 0.4) is 0 Å². The van der Waals surface area contributed by atoms with Crippen molar-refractivity contribution in [1.82, 2.24) is 10.4 Å². The molecule has 0 amide bonds. The molecule has 4 nitrogen and oxygen atoms in total. The lowest BCUT2D eigenvalue weighted by molar-refractivity contribution is 0.387. The van der Waals surface area contributed by atoms with E-state index in [0.717, 1.165) is 16.7 Å². The van der Waals surface area contributed by atoms with Crippen molar-refractivity contribution in [3.8, 4) is 5.88 Å². The third-order valence-electron chi connectivity index (χ3n) is 3.01. The number of benzene rings is 1. The standard InChI is InChI=1S/C14H16FN3O/c1-9-8-10(15)5-6-11(9)13(18-16)12-4-3-7-17-14(12)19-2/h3-8,13,18H,16H2,1-2H3. The Kier molecular flexibility index (Phi) is 4.09. The molecule has 2 aromatic rings. The van der Waals surface area contributed by atoms with E-state index >= 15 is 0 Å². The molecule has 19 heavy (non-hydrogen) atoms. The third-order valence-corrected chi connectivity index (χ3v) is 3.01. The van der Waals surface area contributed by atoms with Crippen molar-refractivity contribution in [3.05, 3.63) is 59.0 Å². The highest BCUT2D eigenvalue weighted by molar-refractivity contribution is 5.40. The Morgan fingerprint density at radius 1 is 1.32 bits per heavy atom. The van der Waals surface area contributed by atoms with Gasteiger partial charge in [0.1, 0.15) is 5.82 Å². The molecule has 1 aromatic heterocycles. The molecule has 0 saturated carbocycles. The van der Waals surface area contributed by atoms with Crippen molar-refractivity contribution in [3.63, 3.8) is 0 Å². The molecule has 0 saturated heterocycles. The second-order valence-corrected chi connectivity index (χ2v) is 4.20. The fraction of sp³-hybridized carbons (Fsp3) is 0.214. The highest BCUT2D eigenvalue weighted by Crippen LogP contribution is 2.29. The third kappa shape index (κ3) is 2.72. The summed E-state index contributed by atoms with van der Waals surface area (Å²) in [7, 11) is 1.55. The summed E-state index contributed by atoms with van der Waals surface area (Å²) in [6.07, 6.45) is 1.65. The predicted octanol–water partition coefficient (Wildman–Crippen LogP) is 2.09. The van der Waals surface area contributed by atoms with Crippen molar-refractivity contribution in [2.45, 2.75) is 13.0 Å². The molecule has 0 radical (unpaired) electrons. The quantitative estimate of drug-likeness (QED) is 0.653. The summed E-state index contributed by atoms with van der Waals surface area (Å²) in [5, 5.41) is 0. The Labute approximate surface area is 111 Å². The van der Waals surface area contributed by atoms with Gasteiger partial charge in [0.25, 0.3) is 0 Å². The monoisotopic (exact) mass is 261 g/mol. The molecule has 0 aliphatic carbocycles. The van der Waals surface area contributed by atoms with E-state index in [2.05, 4.69) is 10.4 Å². The number of methoxy groups -OCH3 is 1. The zero-order chi connectivity index (χ0) is 13.8. The number of hydrogen-bond donors (Lipinski definition) is 2. The number of pyridine rings is 1. The zero-order valence-electron chi connectivity index (χ0n) is 10.9. The van der Waals surface area contributed by atoms with Gasteiger partial charge in [-0.3, -0.25) is 5.84 Å². The molecular formula is C14H16FN3O. The predicted molar refractivity (Wildman–Crippen MR) is 71.1 cm³/mol. The minimum atomic E-state index is -0.302. The fourth-order valence-corrected chi connectivity index (χ4v) is 2.10. The molecule has 1 aromatic carbocycles. The average Bonchev–Trinajstić information content (AvgIpc) is 2.42. The summed E-state index contributed by atoms with van der Waals surface area (Å²) < 4.78 is 18.4. The average molecular weight is 261 g/mol. The number of nitrogens with one attached hydrogen (secondary N) is 1. The van der Waals surface area contributed by atoms with E-state index in [9.17, 15) is 4.39 Å². The number of aromatic nitrogens is 1. The zero-order valence-corrected chi connectivity index (χ0v) is 10.9. The van der Waals surface area contributed by atoms with Crippen LogP contribution in [0.15, 0.2) is 36.5 Å². The molecule has 0 bridgehead atoms. The molecule has 1 heterocycles. The van der Waals surface area contributed by atoms with Crippen LogP contribution in [0.4, 0.5) is 4.39 Å². The number of nitrogens with two attached hydrogens (primary N) is 1. The molecule has 3 N–H and O–H groups in total. The number of hydrogen-bond acceptors (Lipinski definition) is 4. The number of ether oxygens (including phenoxy) is 1. The van der Waals surface area contributed by atoms with Crippen LogP contribution >= 0.6 is 0 Å². The van der Waals surface area contributed by atoms with Crippen LogP contribution in [0.25, 0.3) is 0 Å². The minimum absolute atomic E-state index is 0.268. The minimum Gasteiger partial charge on any atom is -0.481 e. The first-order chi connectivity index (χ1) is 9.17. The van der Waals surface area contributed by atoms with Gasteiger partial charge in [-0.25, -0.2) is 14.8 Å². The van der Waals surface area contributed by atoms with Gasteiger partial charge in [0.15, 0.2) is 0 Å². The van der Waals surface area contributed by atoms with Gasteiger partial charge < -0.3 is 4.74 Å². The van der Waals surface area contributed by atoms with Crippen molar-refractivity contribution >= 4 is 0 Å². The topological polar surface area (TPSA) is 60.2 Å². The largest absolute Gasteiger partial charge is 0.481 e. The van der Waals surface area contributed by atoms with Crippen LogP contribution < -0.4 is 16.0 Å². The normalized spacial score (nSPS) is 12.2. The molecule has 2 rings (SSSR count). The van der Waals surface area contributed by atoms with Crippen molar-refractivity contribution in [1.29, 1.82) is 0 Å². The van der Waals surface area contributed by atoms with Crippen molar-refractivity contribution < 1.29 is 9.13 Å². The van der Waals surface area contributed by atoms with E-state index in [1.54, 1.807) is 25.4 Å². The molecule has 1 unspecified atom stereocenters. The van der Waals surface area contributed by atoms with Gasteiger partial charge >= 0.3 is 0 Å². The summed E-state index contributed by atoms with van der Waals surface area (Å²) in [6, 6.07) is 7.98. The van der Waals surface area contributed by atoms with Crippen LogP contribution in [0, 0.1) is 12.7 Å². The lowest BCUT2D eigenvalue weighted by Gasteiger charge is -2.20. The van der Waals surface area contributed by atoms with Crippen molar-refractivity contribution in [2.24, 2.45) is 5.84 Å². The van der Waals surface area contributed by atoms with Crippen LogP contribution in [-0.2, 0) is 0 Å². The van der Waals surface area contributed by atoms with Crippen molar-refractivity contribution in [2.75, 3.05) is 7.11 Å². The van der Waals surface area contributed by atoms with Crippen LogP contribution in [0.2, 0.25) is 0 Å². The van der Waals surface area contributed by atoms with Gasteiger partial charge in [0.2, 0.25) is 5.88 Å². The Morgan fingerprint density at radius 3 is 2.74 bits per heavy atom. The molecule has 5 heteroatoms. The van der Waals surface area contributed by atoms with E-state index in [4.69, 9.17) is 10.6 Å². The Hall–Kier alpha value is -1.98. The summed E-state index contributed by atoms with van der Waals surface area (Å²) in [5.41, 5.74) is 5.23. The number of halogens is 1. The van der Waals surface area contributed by atoms with Crippen LogP contribution in [0.5, 0.6) is 5.88 Å². The lowest BCUT2D eigenvalue weighted by Crippen LogP contribution is -2.29. The second kappa shape index (κ2) is 5.77. The van der Waals surface area contributed by atoms with Gasteiger partial charge in [-0.05, 0) is 36.2 Å².